The minimum atomic E-state index is -2.97. The number of sulfone groups is 1. The minimum absolute atomic E-state index is 0.00148. The van der Waals surface area contributed by atoms with Crippen LogP contribution in [0, 0.1) is 0 Å². The van der Waals surface area contributed by atoms with Gasteiger partial charge in [0.25, 0.3) is 0 Å². The Bertz CT molecular complexity index is 479. The molecular weight excluding hydrogens is 260 g/mol. The number of hydrogen-bond donors (Lipinski definition) is 1. The highest BCUT2D eigenvalue weighted by Crippen LogP contribution is 2.12. The number of nitrogens with two attached hydrogens (primary N) is 1. The maximum absolute atomic E-state index is 11.5. The van der Waals surface area contributed by atoms with E-state index < -0.39 is 9.84 Å². The van der Waals surface area contributed by atoms with Crippen molar-refractivity contribution in [3.8, 4) is 0 Å². The fourth-order valence-electron chi connectivity index (χ4n) is 1.33. The third-order valence-electron chi connectivity index (χ3n) is 2.30. The molecule has 1 aromatic rings. The maximum atomic E-state index is 11.5. The predicted octanol–water partition coefficient (Wildman–Crippen LogP) is 1.05. The molecule has 0 atom stereocenters. The summed E-state index contributed by atoms with van der Waals surface area (Å²) in [5.74, 6) is 0.208. The molecule has 0 saturated heterocycles. The summed E-state index contributed by atoms with van der Waals surface area (Å²) in [7, 11) is -2.97. The van der Waals surface area contributed by atoms with Crippen molar-refractivity contribution < 1.29 is 13.2 Å². The smallest absolute Gasteiger partial charge is 0.180 e. The molecule has 17 heavy (non-hydrogen) atoms. The van der Waals surface area contributed by atoms with Crippen molar-refractivity contribution in [2.75, 3.05) is 17.2 Å². The fourth-order valence-corrected chi connectivity index (χ4v) is 2.76. The van der Waals surface area contributed by atoms with Gasteiger partial charge < -0.3 is 5.73 Å². The molecule has 0 aliphatic carbocycles. The van der Waals surface area contributed by atoms with Gasteiger partial charge in [-0.05, 0) is 6.42 Å². The van der Waals surface area contributed by atoms with Crippen LogP contribution in [0.1, 0.15) is 25.5 Å². The number of anilines is 1. The van der Waals surface area contributed by atoms with Gasteiger partial charge in [-0.2, -0.15) is 0 Å². The maximum Gasteiger partial charge on any atom is 0.180 e. The van der Waals surface area contributed by atoms with Crippen molar-refractivity contribution in [1.29, 1.82) is 0 Å². The molecule has 0 saturated carbocycles. The predicted molar refractivity (Wildman–Crippen MR) is 68.8 cm³/mol. The summed E-state index contributed by atoms with van der Waals surface area (Å²) in [5, 5.41) is 2.19. The van der Waals surface area contributed by atoms with Crippen LogP contribution in [0.4, 0.5) is 5.13 Å². The summed E-state index contributed by atoms with van der Waals surface area (Å²) < 4.78 is 22.4. The van der Waals surface area contributed by atoms with Crippen LogP contribution in [0.15, 0.2) is 5.38 Å². The Balaban J connectivity index is 2.31. The summed E-state index contributed by atoms with van der Waals surface area (Å²) in [6.07, 6.45) is 0.894. The van der Waals surface area contributed by atoms with Crippen LogP contribution < -0.4 is 5.73 Å². The van der Waals surface area contributed by atoms with E-state index in [-0.39, 0.29) is 30.1 Å². The Morgan fingerprint density at radius 3 is 2.76 bits per heavy atom. The fraction of sp³-hybridized carbons (Fsp3) is 0.600. The van der Waals surface area contributed by atoms with Crippen molar-refractivity contribution in [3.05, 3.63) is 11.1 Å². The number of Topliss-reactive ketones (excluding diaryl/α,β-unsaturated/α-hetero) is 1. The van der Waals surface area contributed by atoms with Gasteiger partial charge in [0.15, 0.2) is 5.13 Å². The number of carbonyl (C=O) groups excluding carboxylic acids is 1. The highest BCUT2D eigenvalue weighted by Gasteiger charge is 2.10. The lowest BCUT2D eigenvalue weighted by Gasteiger charge is -2.00. The Hall–Kier alpha value is -0.950. The summed E-state index contributed by atoms with van der Waals surface area (Å²) in [5.41, 5.74) is 6.11. The molecule has 0 fully saturated rings. The third kappa shape index (κ3) is 5.27. The van der Waals surface area contributed by atoms with Crippen molar-refractivity contribution in [1.82, 2.24) is 4.98 Å². The molecule has 0 unspecified atom stereocenters. The highest BCUT2D eigenvalue weighted by atomic mass is 32.2. The van der Waals surface area contributed by atoms with Crippen molar-refractivity contribution in [3.63, 3.8) is 0 Å². The van der Waals surface area contributed by atoms with Gasteiger partial charge in [0.1, 0.15) is 15.6 Å². The van der Waals surface area contributed by atoms with Gasteiger partial charge in [0.2, 0.25) is 0 Å². The topological polar surface area (TPSA) is 90.1 Å². The lowest BCUT2D eigenvalue weighted by Crippen LogP contribution is -2.11. The lowest BCUT2D eigenvalue weighted by molar-refractivity contribution is -0.118. The Morgan fingerprint density at radius 2 is 2.24 bits per heavy atom. The molecule has 2 N–H and O–H groups in total. The Morgan fingerprint density at radius 1 is 1.53 bits per heavy atom. The van der Waals surface area contributed by atoms with E-state index in [0.717, 1.165) is 0 Å². The van der Waals surface area contributed by atoms with E-state index in [1.807, 2.05) is 0 Å². The third-order valence-corrected chi connectivity index (χ3v) is 4.81. The molecule has 0 radical (unpaired) electrons. The van der Waals surface area contributed by atoms with Crippen molar-refractivity contribution >= 4 is 32.1 Å². The first-order chi connectivity index (χ1) is 7.93. The van der Waals surface area contributed by atoms with E-state index in [2.05, 4.69) is 4.98 Å². The molecule has 0 aliphatic heterocycles. The van der Waals surface area contributed by atoms with Gasteiger partial charge >= 0.3 is 0 Å². The molecule has 0 bridgehead atoms. The zero-order valence-corrected chi connectivity index (χ0v) is 11.3. The van der Waals surface area contributed by atoms with Gasteiger partial charge in [0, 0.05) is 24.0 Å². The van der Waals surface area contributed by atoms with Crippen LogP contribution in [0.3, 0.4) is 0 Å². The average Bonchev–Trinajstić information content (AvgIpc) is 2.63. The Labute approximate surface area is 105 Å². The number of nitrogens with zero attached hydrogens (tertiary/aromatic N) is 1. The zero-order valence-electron chi connectivity index (χ0n) is 9.68. The van der Waals surface area contributed by atoms with Crippen molar-refractivity contribution in [2.24, 2.45) is 0 Å². The van der Waals surface area contributed by atoms with Crippen LogP contribution in [0.5, 0.6) is 0 Å². The largest absolute Gasteiger partial charge is 0.375 e. The van der Waals surface area contributed by atoms with Gasteiger partial charge in [-0.1, -0.05) is 6.92 Å². The minimum Gasteiger partial charge on any atom is -0.375 e. The molecule has 7 heteroatoms. The van der Waals surface area contributed by atoms with E-state index in [4.69, 9.17) is 5.73 Å². The number of hydrogen-bond acceptors (Lipinski definition) is 6. The summed E-state index contributed by atoms with van der Waals surface area (Å²) >= 11 is 1.30. The monoisotopic (exact) mass is 276 g/mol. The molecular formula is C10H16N2O3S2. The molecule has 0 aliphatic rings. The number of ketones is 1. The van der Waals surface area contributed by atoms with Gasteiger partial charge in [-0.25, -0.2) is 13.4 Å². The summed E-state index contributed by atoms with van der Waals surface area (Å²) in [6.45, 7) is 1.61. The first-order valence-corrected chi connectivity index (χ1v) is 8.05. The molecule has 0 aromatic carbocycles. The molecule has 96 valence electrons. The first kappa shape index (κ1) is 14.1. The standard InChI is InChI=1S/C10H16N2O3S2/c1-2-17(14,15)5-3-4-9(13)6-8-7-16-10(11)12-8/h7H,2-6H2,1H3,(H2,11,12). The number of nitrogen functional groups attached to an aromatic ring is 1. The molecule has 1 heterocycles. The van der Waals surface area contributed by atoms with Crippen LogP contribution in [0.25, 0.3) is 0 Å². The van der Waals surface area contributed by atoms with Crippen LogP contribution in [0.2, 0.25) is 0 Å². The van der Waals surface area contributed by atoms with E-state index >= 15 is 0 Å². The zero-order chi connectivity index (χ0) is 12.9. The van der Waals surface area contributed by atoms with Crippen LogP contribution >= 0.6 is 11.3 Å². The number of rotatable bonds is 7. The van der Waals surface area contributed by atoms with E-state index in [1.165, 1.54) is 11.3 Å². The van der Waals surface area contributed by atoms with E-state index in [0.29, 0.717) is 17.2 Å². The van der Waals surface area contributed by atoms with E-state index in [1.54, 1.807) is 12.3 Å². The van der Waals surface area contributed by atoms with Gasteiger partial charge in [-0.15, -0.1) is 11.3 Å². The second-order valence-corrected chi connectivity index (χ2v) is 7.09. The number of thiazole rings is 1. The average molecular weight is 276 g/mol. The summed E-state index contributed by atoms with van der Waals surface area (Å²) in [6, 6.07) is 0. The highest BCUT2D eigenvalue weighted by molar-refractivity contribution is 7.91. The molecule has 1 aromatic heterocycles. The quantitative estimate of drug-likeness (QED) is 0.804. The second-order valence-electron chi connectivity index (χ2n) is 3.73. The first-order valence-electron chi connectivity index (χ1n) is 5.35. The van der Waals surface area contributed by atoms with Gasteiger partial charge in [0.05, 0.1) is 11.4 Å². The lowest BCUT2D eigenvalue weighted by atomic mass is 10.1. The van der Waals surface area contributed by atoms with Crippen molar-refractivity contribution in [2.45, 2.75) is 26.2 Å². The second kappa shape index (κ2) is 6.11. The van der Waals surface area contributed by atoms with Crippen LogP contribution in [-0.4, -0.2) is 30.7 Å². The van der Waals surface area contributed by atoms with Gasteiger partial charge in [-0.3, -0.25) is 4.79 Å². The molecule has 1 rings (SSSR count). The molecule has 0 spiro atoms. The van der Waals surface area contributed by atoms with E-state index in [9.17, 15) is 13.2 Å². The number of carbonyl (C=O) groups is 1. The molecule has 5 nitrogen and oxygen atoms in total. The number of aromatic nitrogens is 1. The SMILES string of the molecule is CCS(=O)(=O)CCCC(=O)Cc1csc(N)n1. The summed E-state index contributed by atoms with van der Waals surface area (Å²) in [4.78, 5) is 15.5. The van der Waals surface area contributed by atoms with Crippen LogP contribution in [-0.2, 0) is 21.1 Å². The normalized spacial score (nSPS) is 11.6. The molecule has 0 amide bonds. The Kier molecular flexibility index (Phi) is 5.07.